The second-order valence-electron chi connectivity index (χ2n) is 5.39. The van der Waals surface area contributed by atoms with E-state index in [1.165, 1.54) is 37.3 Å². The Kier molecular flexibility index (Phi) is 4.99. The van der Waals surface area contributed by atoms with Gasteiger partial charge in [-0.25, -0.2) is 22.2 Å². The Hall–Kier alpha value is -2.43. The lowest BCUT2D eigenvalue weighted by atomic mass is 10.3. The lowest BCUT2D eigenvalue weighted by molar-refractivity contribution is -0.117. The van der Waals surface area contributed by atoms with Gasteiger partial charge in [0.2, 0.25) is 15.9 Å². The van der Waals surface area contributed by atoms with Crippen molar-refractivity contribution in [3.05, 3.63) is 54.1 Å². The predicted octanol–water partition coefficient (Wildman–Crippen LogP) is 2.88. The maximum atomic E-state index is 13.7. The molecule has 1 aromatic heterocycles. The average molecular weight is 397 g/mol. The molecule has 1 heterocycles. The summed E-state index contributed by atoms with van der Waals surface area (Å²) in [4.78, 5) is 15.8. The van der Waals surface area contributed by atoms with E-state index in [0.29, 0.717) is 10.2 Å². The number of hydrogen-bond acceptors (Lipinski definition) is 5. The van der Waals surface area contributed by atoms with Crippen molar-refractivity contribution in [3.8, 4) is 0 Å². The quantitative estimate of drug-likeness (QED) is 0.693. The van der Waals surface area contributed by atoms with Gasteiger partial charge in [-0.15, -0.1) is 0 Å². The molecular weight excluding hydrogens is 384 g/mol. The number of benzene rings is 2. The molecule has 0 saturated carbocycles. The fourth-order valence-electron chi connectivity index (χ4n) is 2.18. The highest BCUT2D eigenvalue weighted by Gasteiger charge is 2.25. The number of carbonyl (C=O) groups excluding carboxylic acids is 1. The fraction of sp³-hybridized carbons (Fsp3) is 0.125. The second kappa shape index (κ2) is 7.06. The molecule has 0 aliphatic rings. The van der Waals surface area contributed by atoms with Crippen molar-refractivity contribution in [2.75, 3.05) is 5.32 Å². The van der Waals surface area contributed by atoms with Crippen molar-refractivity contribution in [1.29, 1.82) is 0 Å². The number of halogens is 2. The Morgan fingerprint density at radius 2 is 1.92 bits per heavy atom. The summed E-state index contributed by atoms with van der Waals surface area (Å²) in [5.74, 6) is -2.02. The van der Waals surface area contributed by atoms with E-state index in [4.69, 9.17) is 0 Å². The zero-order valence-corrected chi connectivity index (χ0v) is 15.0. The van der Waals surface area contributed by atoms with Crippen molar-refractivity contribution in [3.63, 3.8) is 0 Å². The minimum atomic E-state index is -4.21. The molecule has 0 saturated heterocycles. The molecule has 10 heteroatoms. The fourth-order valence-corrected chi connectivity index (χ4v) is 4.35. The lowest BCUT2D eigenvalue weighted by Gasteiger charge is -2.13. The van der Waals surface area contributed by atoms with Gasteiger partial charge >= 0.3 is 0 Å². The molecule has 0 radical (unpaired) electrons. The van der Waals surface area contributed by atoms with Gasteiger partial charge in [0.25, 0.3) is 0 Å². The van der Waals surface area contributed by atoms with Gasteiger partial charge in [-0.2, -0.15) is 4.72 Å². The molecule has 2 N–H and O–H groups in total. The smallest absolute Gasteiger partial charge is 0.244 e. The van der Waals surface area contributed by atoms with Crippen LogP contribution in [0.2, 0.25) is 0 Å². The molecule has 1 atom stereocenters. The van der Waals surface area contributed by atoms with Crippen LogP contribution in [0.1, 0.15) is 6.92 Å². The molecular formula is C16H13F2N3O3S2. The van der Waals surface area contributed by atoms with Crippen LogP contribution in [-0.4, -0.2) is 25.4 Å². The summed E-state index contributed by atoms with van der Waals surface area (Å²) >= 11 is 1.05. The van der Waals surface area contributed by atoms with E-state index in [1.807, 2.05) is 0 Å². The maximum Gasteiger partial charge on any atom is 0.244 e. The maximum absolute atomic E-state index is 13.7. The van der Waals surface area contributed by atoms with Crippen LogP contribution >= 0.6 is 11.3 Å². The van der Waals surface area contributed by atoms with E-state index in [1.54, 1.807) is 0 Å². The lowest BCUT2D eigenvalue weighted by Crippen LogP contribution is -2.41. The number of carbonyl (C=O) groups is 1. The molecule has 0 spiro atoms. The highest BCUT2D eigenvalue weighted by molar-refractivity contribution is 7.89. The highest BCUT2D eigenvalue weighted by atomic mass is 32.2. The molecule has 3 aromatic rings. The van der Waals surface area contributed by atoms with Crippen molar-refractivity contribution < 1.29 is 22.0 Å². The van der Waals surface area contributed by atoms with Crippen molar-refractivity contribution in [2.45, 2.75) is 17.9 Å². The Morgan fingerprint density at radius 3 is 2.65 bits per heavy atom. The number of rotatable bonds is 5. The van der Waals surface area contributed by atoms with Gasteiger partial charge in [-0.3, -0.25) is 4.79 Å². The van der Waals surface area contributed by atoms with Gasteiger partial charge in [0.05, 0.1) is 16.3 Å². The number of amides is 1. The van der Waals surface area contributed by atoms with Crippen LogP contribution in [0.15, 0.2) is 47.4 Å². The van der Waals surface area contributed by atoms with Crippen LogP contribution in [0.25, 0.3) is 10.2 Å². The number of aromatic nitrogens is 1. The average Bonchev–Trinajstić information content (AvgIpc) is 2.95. The Bertz CT molecular complexity index is 1080. The molecule has 6 nitrogen and oxygen atoms in total. The summed E-state index contributed by atoms with van der Waals surface area (Å²) in [5.41, 5.74) is 0.506. The first-order valence-corrected chi connectivity index (χ1v) is 9.70. The number of sulfonamides is 1. The number of hydrogen-bond donors (Lipinski definition) is 2. The van der Waals surface area contributed by atoms with Crippen LogP contribution in [0.3, 0.4) is 0 Å². The van der Waals surface area contributed by atoms with E-state index in [2.05, 4.69) is 15.0 Å². The van der Waals surface area contributed by atoms with Gasteiger partial charge in [0, 0.05) is 0 Å². The van der Waals surface area contributed by atoms with Gasteiger partial charge in [0.15, 0.2) is 5.13 Å². The van der Waals surface area contributed by atoms with Crippen LogP contribution in [-0.2, 0) is 14.8 Å². The van der Waals surface area contributed by atoms with Crippen LogP contribution in [0.4, 0.5) is 13.9 Å². The number of thiazole rings is 1. The number of fused-ring (bicyclic) bond motifs is 1. The summed E-state index contributed by atoms with van der Waals surface area (Å²) < 4.78 is 54.0. The number of nitrogens with zero attached hydrogens (tertiary/aromatic N) is 1. The monoisotopic (exact) mass is 397 g/mol. The highest BCUT2D eigenvalue weighted by Crippen LogP contribution is 2.26. The summed E-state index contributed by atoms with van der Waals surface area (Å²) in [6.07, 6.45) is 0. The summed E-state index contributed by atoms with van der Waals surface area (Å²) in [5, 5.41) is 2.67. The molecule has 0 unspecified atom stereocenters. The van der Waals surface area contributed by atoms with Crippen LogP contribution in [0, 0.1) is 11.6 Å². The first kappa shape index (κ1) is 18.4. The van der Waals surface area contributed by atoms with Gasteiger partial charge in [0.1, 0.15) is 16.5 Å². The summed E-state index contributed by atoms with van der Waals surface area (Å²) in [6.45, 7) is 1.32. The van der Waals surface area contributed by atoms with E-state index in [-0.39, 0.29) is 5.13 Å². The Balaban J connectivity index is 1.74. The standard InChI is InChI=1S/C16H13F2N3O3S2/c1-9(21-26(23,24)14-5-3-2-4-11(14)18)15(22)20-16-19-12-7-6-10(17)8-13(12)25-16/h2-9,21H,1H3,(H,19,20,22)/t9-/m1/s1. The van der Waals surface area contributed by atoms with E-state index < -0.39 is 38.5 Å². The zero-order chi connectivity index (χ0) is 18.9. The molecule has 3 rings (SSSR count). The first-order valence-electron chi connectivity index (χ1n) is 7.40. The normalized spacial score (nSPS) is 12.9. The minimum absolute atomic E-state index is 0.201. The zero-order valence-electron chi connectivity index (χ0n) is 13.4. The molecule has 0 aliphatic heterocycles. The second-order valence-corrected chi connectivity index (χ2v) is 8.11. The van der Waals surface area contributed by atoms with Crippen LogP contribution in [0.5, 0.6) is 0 Å². The Morgan fingerprint density at radius 1 is 1.19 bits per heavy atom. The minimum Gasteiger partial charge on any atom is -0.301 e. The Labute approximate surface area is 151 Å². The molecule has 26 heavy (non-hydrogen) atoms. The topological polar surface area (TPSA) is 88.2 Å². The van der Waals surface area contributed by atoms with Gasteiger partial charge in [-0.05, 0) is 37.3 Å². The predicted molar refractivity (Wildman–Crippen MR) is 94.4 cm³/mol. The van der Waals surface area contributed by atoms with Gasteiger partial charge in [-0.1, -0.05) is 23.5 Å². The van der Waals surface area contributed by atoms with Gasteiger partial charge < -0.3 is 5.32 Å². The van der Waals surface area contributed by atoms with E-state index >= 15 is 0 Å². The molecule has 0 fully saturated rings. The van der Waals surface area contributed by atoms with Crippen molar-refractivity contribution >= 4 is 42.6 Å². The largest absolute Gasteiger partial charge is 0.301 e. The third-order valence-electron chi connectivity index (χ3n) is 3.43. The van der Waals surface area contributed by atoms with Crippen molar-refractivity contribution in [2.24, 2.45) is 0 Å². The summed E-state index contributed by atoms with van der Waals surface area (Å²) in [7, 11) is -4.21. The number of nitrogens with one attached hydrogen (secondary N) is 2. The van der Waals surface area contributed by atoms with E-state index in [9.17, 15) is 22.0 Å². The molecule has 0 bridgehead atoms. The third-order valence-corrected chi connectivity index (χ3v) is 5.94. The molecule has 0 aliphatic carbocycles. The SMILES string of the molecule is C[C@@H](NS(=O)(=O)c1ccccc1F)C(=O)Nc1nc2ccc(F)cc2s1. The van der Waals surface area contributed by atoms with E-state index in [0.717, 1.165) is 23.5 Å². The summed E-state index contributed by atoms with van der Waals surface area (Å²) in [6, 6.07) is 7.68. The third kappa shape index (κ3) is 3.87. The molecule has 2 aromatic carbocycles. The first-order chi connectivity index (χ1) is 12.3. The van der Waals surface area contributed by atoms with Crippen molar-refractivity contribution in [1.82, 2.24) is 9.71 Å². The van der Waals surface area contributed by atoms with Crippen LogP contribution < -0.4 is 10.0 Å². The molecule has 1 amide bonds. The molecule has 136 valence electrons. The number of anilines is 1.